The maximum atomic E-state index is 11.8. The minimum atomic E-state index is -0.434. The highest BCUT2D eigenvalue weighted by molar-refractivity contribution is 7.08. The van der Waals surface area contributed by atoms with E-state index in [-0.39, 0.29) is 0 Å². The Morgan fingerprint density at radius 1 is 1.30 bits per heavy atom. The van der Waals surface area contributed by atoms with Crippen molar-refractivity contribution in [3.63, 3.8) is 0 Å². The zero-order chi connectivity index (χ0) is 19.0. The maximum absolute atomic E-state index is 11.8. The Kier molecular flexibility index (Phi) is 4.72. The van der Waals surface area contributed by atoms with E-state index in [2.05, 4.69) is 32.9 Å². The summed E-state index contributed by atoms with van der Waals surface area (Å²) in [4.78, 5) is 19.8. The van der Waals surface area contributed by atoms with Crippen LogP contribution in [0.25, 0.3) is 22.2 Å². The minimum absolute atomic E-state index is 0.311. The summed E-state index contributed by atoms with van der Waals surface area (Å²) >= 11 is 7.98. The molecule has 27 heavy (non-hydrogen) atoms. The average molecular weight is 397 g/mol. The fourth-order valence-corrected chi connectivity index (χ4v) is 4.00. The van der Waals surface area contributed by atoms with Gasteiger partial charge in [0.1, 0.15) is 5.69 Å². The molecule has 4 nitrogen and oxygen atoms in total. The van der Waals surface area contributed by atoms with Crippen LogP contribution in [0.1, 0.15) is 27.3 Å². The van der Waals surface area contributed by atoms with Crippen LogP contribution in [0.2, 0.25) is 5.02 Å². The Bertz CT molecular complexity index is 1130. The molecular weight excluding hydrogens is 380 g/mol. The number of ether oxygens (including phenoxy) is 1. The molecule has 0 radical (unpaired) electrons. The van der Waals surface area contributed by atoms with Crippen molar-refractivity contribution in [1.29, 1.82) is 0 Å². The van der Waals surface area contributed by atoms with Gasteiger partial charge in [-0.05, 0) is 53.8 Å². The molecule has 1 aromatic carbocycles. The summed E-state index contributed by atoms with van der Waals surface area (Å²) in [6.45, 7) is 2.00. The van der Waals surface area contributed by atoms with E-state index >= 15 is 0 Å². The highest BCUT2D eigenvalue weighted by atomic mass is 35.5. The van der Waals surface area contributed by atoms with Crippen LogP contribution >= 0.6 is 22.9 Å². The van der Waals surface area contributed by atoms with Crippen molar-refractivity contribution in [2.75, 3.05) is 7.11 Å². The van der Waals surface area contributed by atoms with Gasteiger partial charge in [0.05, 0.1) is 12.8 Å². The Morgan fingerprint density at radius 3 is 2.89 bits per heavy atom. The summed E-state index contributed by atoms with van der Waals surface area (Å²) < 4.78 is 4.79. The van der Waals surface area contributed by atoms with Gasteiger partial charge in [-0.1, -0.05) is 17.7 Å². The predicted octanol–water partition coefficient (Wildman–Crippen LogP) is 5.63. The second-order valence-corrected chi connectivity index (χ2v) is 7.51. The molecule has 4 rings (SSSR count). The number of thiophene rings is 1. The molecule has 0 amide bonds. The Morgan fingerprint density at radius 2 is 2.15 bits per heavy atom. The van der Waals surface area contributed by atoms with Crippen molar-refractivity contribution in [3.8, 4) is 11.3 Å². The monoisotopic (exact) mass is 396 g/mol. The number of nitrogens with zero attached hydrogens (tertiary/aromatic N) is 1. The molecule has 0 aliphatic rings. The third-order valence-corrected chi connectivity index (χ3v) is 5.64. The molecule has 0 bridgehead atoms. The number of carbonyl (C=O) groups excluding carboxylic acids is 1. The lowest BCUT2D eigenvalue weighted by Crippen LogP contribution is -2.06. The lowest BCUT2D eigenvalue weighted by Gasteiger charge is -2.06. The fourth-order valence-electron chi connectivity index (χ4n) is 3.19. The summed E-state index contributed by atoms with van der Waals surface area (Å²) in [5, 5.41) is 6.02. The van der Waals surface area contributed by atoms with Gasteiger partial charge in [0.15, 0.2) is 0 Å². The summed E-state index contributed by atoms with van der Waals surface area (Å²) in [5.74, 6) is -0.434. The van der Waals surface area contributed by atoms with E-state index in [1.54, 1.807) is 17.4 Å². The number of fused-ring (bicyclic) bond motifs is 1. The van der Waals surface area contributed by atoms with Gasteiger partial charge < -0.3 is 9.72 Å². The van der Waals surface area contributed by atoms with Crippen molar-refractivity contribution in [1.82, 2.24) is 9.97 Å². The first-order chi connectivity index (χ1) is 13.1. The molecule has 0 saturated heterocycles. The largest absolute Gasteiger partial charge is 0.464 e. The number of aromatic amines is 1. The molecule has 136 valence electrons. The van der Waals surface area contributed by atoms with Gasteiger partial charge in [0.25, 0.3) is 0 Å². The number of aromatic nitrogens is 2. The quantitative estimate of drug-likeness (QED) is 0.455. The van der Waals surface area contributed by atoms with Gasteiger partial charge in [0.2, 0.25) is 0 Å². The third kappa shape index (κ3) is 3.36. The molecule has 3 aromatic heterocycles. The second-order valence-electron chi connectivity index (χ2n) is 6.32. The smallest absolute Gasteiger partial charge is 0.356 e. The number of aryl methyl sites for hydroxylation is 1. The topological polar surface area (TPSA) is 55.0 Å². The first kappa shape index (κ1) is 17.8. The van der Waals surface area contributed by atoms with Crippen LogP contribution < -0.4 is 0 Å². The van der Waals surface area contributed by atoms with Crippen molar-refractivity contribution in [2.45, 2.75) is 13.3 Å². The number of nitrogens with one attached hydrogen (secondary N) is 1. The molecule has 0 unspecified atom stereocenters. The Labute approximate surface area is 165 Å². The lowest BCUT2D eigenvalue weighted by atomic mass is 10.0. The summed E-state index contributed by atoms with van der Waals surface area (Å²) in [7, 11) is 1.36. The molecule has 6 heteroatoms. The number of benzene rings is 1. The standard InChI is InChI=1S/C21H17ClN2O2S/c1-12-8-15-16(9-14-4-3-5-18(23-14)21(25)26-2)20(13-6-7-27-11-13)24-19(15)10-17(12)22/h3-8,10-11,24H,9H2,1-2H3. The van der Waals surface area contributed by atoms with Crippen LogP contribution in [0.15, 0.2) is 47.2 Å². The van der Waals surface area contributed by atoms with Gasteiger partial charge in [-0.3, -0.25) is 0 Å². The van der Waals surface area contributed by atoms with E-state index in [1.165, 1.54) is 7.11 Å². The van der Waals surface area contributed by atoms with Crippen LogP contribution in [-0.2, 0) is 11.2 Å². The summed E-state index contributed by atoms with van der Waals surface area (Å²) in [6.07, 6.45) is 0.594. The first-order valence-electron chi connectivity index (χ1n) is 8.44. The molecule has 0 atom stereocenters. The number of esters is 1. The van der Waals surface area contributed by atoms with E-state index in [4.69, 9.17) is 16.3 Å². The van der Waals surface area contributed by atoms with E-state index in [0.29, 0.717) is 12.1 Å². The molecule has 4 aromatic rings. The molecule has 0 saturated carbocycles. The summed E-state index contributed by atoms with van der Waals surface area (Å²) in [6, 6.07) is 11.6. The highest BCUT2D eigenvalue weighted by Gasteiger charge is 2.17. The van der Waals surface area contributed by atoms with Crippen LogP contribution in [-0.4, -0.2) is 23.0 Å². The van der Waals surface area contributed by atoms with Crippen LogP contribution in [0, 0.1) is 6.92 Å². The molecule has 0 aliphatic carbocycles. The van der Waals surface area contributed by atoms with E-state index in [1.807, 2.05) is 25.1 Å². The van der Waals surface area contributed by atoms with Gasteiger partial charge in [-0.2, -0.15) is 11.3 Å². The molecule has 1 N–H and O–H groups in total. The normalized spacial score (nSPS) is 11.1. The highest BCUT2D eigenvalue weighted by Crippen LogP contribution is 2.35. The molecule has 0 aliphatic heterocycles. The number of methoxy groups -OCH3 is 1. The minimum Gasteiger partial charge on any atom is -0.464 e. The maximum Gasteiger partial charge on any atom is 0.356 e. The zero-order valence-electron chi connectivity index (χ0n) is 14.9. The fraction of sp³-hybridized carbons (Fsp3) is 0.143. The van der Waals surface area contributed by atoms with Gasteiger partial charge in [-0.15, -0.1) is 0 Å². The van der Waals surface area contributed by atoms with Gasteiger partial charge in [-0.25, -0.2) is 9.78 Å². The second kappa shape index (κ2) is 7.18. The first-order valence-corrected chi connectivity index (χ1v) is 9.76. The van der Waals surface area contributed by atoms with Gasteiger partial charge >= 0.3 is 5.97 Å². The predicted molar refractivity (Wildman–Crippen MR) is 110 cm³/mol. The van der Waals surface area contributed by atoms with Crippen LogP contribution in [0.4, 0.5) is 0 Å². The van der Waals surface area contributed by atoms with Gasteiger partial charge in [0, 0.05) is 39.0 Å². The van der Waals surface area contributed by atoms with Crippen molar-refractivity contribution >= 4 is 39.8 Å². The molecular formula is C21H17ClN2O2S. The number of carbonyl (C=O) groups is 1. The number of H-pyrrole nitrogens is 1. The third-order valence-electron chi connectivity index (χ3n) is 4.55. The number of halogens is 1. The van der Waals surface area contributed by atoms with Crippen molar-refractivity contribution in [3.05, 3.63) is 74.7 Å². The number of rotatable bonds is 4. The number of hydrogen-bond donors (Lipinski definition) is 1. The average Bonchev–Trinajstić information content (AvgIpc) is 3.31. The number of hydrogen-bond acceptors (Lipinski definition) is 4. The molecule has 3 heterocycles. The molecule has 0 spiro atoms. The lowest BCUT2D eigenvalue weighted by molar-refractivity contribution is 0.0593. The zero-order valence-corrected chi connectivity index (χ0v) is 16.4. The SMILES string of the molecule is COC(=O)c1cccc(Cc2c(-c3ccsc3)[nH]c3cc(Cl)c(C)cc23)n1. The Hall–Kier alpha value is -2.63. The Balaban J connectivity index is 1.86. The number of pyridine rings is 1. The van der Waals surface area contributed by atoms with Crippen LogP contribution in [0.5, 0.6) is 0 Å². The van der Waals surface area contributed by atoms with E-state index in [9.17, 15) is 4.79 Å². The molecule has 0 fully saturated rings. The van der Waals surface area contributed by atoms with Crippen molar-refractivity contribution < 1.29 is 9.53 Å². The van der Waals surface area contributed by atoms with E-state index < -0.39 is 5.97 Å². The van der Waals surface area contributed by atoms with Crippen molar-refractivity contribution in [2.24, 2.45) is 0 Å². The van der Waals surface area contributed by atoms with E-state index in [0.717, 1.165) is 44.0 Å². The van der Waals surface area contributed by atoms with Crippen LogP contribution in [0.3, 0.4) is 0 Å². The summed E-state index contributed by atoms with van der Waals surface area (Å²) in [5.41, 5.74) is 6.46.